The Balaban J connectivity index is 1.60. The highest BCUT2D eigenvalue weighted by molar-refractivity contribution is 5.95. The molecule has 1 aliphatic rings. The molecule has 1 aromatic carbocycles. The Bertz CT molecular complexity index is 1110. The van der Waals surface area contributed by atoms with E-state index in [9.17, 15) is 4.79 Å². The van der Waals surface area contributed by atoms with Crippen molar-refractivity contribution in [2.75, 3.05) is 0 Å². The lowest BCUT2D eigenvalue weighted by atomic mass is 9.70. The normalized spacial score (nSPS) is 20.5. The monoisotopic (exact) mass is 435 g/mol. The predicted octanol–water partition coefficient (Wildman–Crippen LogP) is 5.30. The van der Waals surface area contributed by atoms with Crippen LogP contribution in [-0.2, 0) is 0 Å². The number of hydrogen-bond donors (Lipinski definition) is 1. The Labute approximate surface area is 189 Å². The van der Waals surface area contributed by atoms with Gasteiger partial charge in [0.2, 0.25) is 5.89 Å². The molecule has 3 aromatic rings. The zero-order valence-electron chi connectivity index (χ0n) is 19.8. The van der Waals surface area contributed by atoms with Gasteiger partial charge in [0.1, 0.15) is 5.69 Å². The number of nitrogens with one attached hydrogen (secondary N) is 1. The van der Waals surface area contributed by atoms with Crippen molar-refractivity contribution in [1.82, 2.24) is 25.3 Å². The number of carbonyl (C=O) groups excluding carboxylic acids is 1. The Morgan fingerprint density at radius 2 is 2.00 bits per heavy atom. The molecule has 0 radical (unpaired) electrons. The summed E-state index contributed by atoms with van der Waals surface area (Å²) in [7, 11) is 0. The van der Waals surface area contributed by atoms with Crippen molar-refractivity contribution in [2.45, 2.75) is 72.8 Å². The molecule has 170 valence electrons. The van der Waals surface area contributed by atoms with Gasteiger partial charge in [-0.1, -0.05) is 40.7 Å². The molecule has 1 saturated carbocycles. The van der Waals surface area contributed by atoms with Gasteiger partial charge < -0.3 is 9.73 Å². The lowest BCUT2D eigenvalue weighted by Gasteiger charge is -2.39. The van der Waals surface area contributed by atoms with Crippen LogP contribution in [0.5, 0.6) is 0 Å². The van der Waals surface area contributed by atoms with Gasteiger partial charge in [-0.25, -0.2) is 4.68 Å². The maximum atomic E-state index is 13.1. The predicted molar refractivity (Wildman–Crippen MR) is 124 cm³/mol. The second-order valence-electron chi connectivity index (χ2n) is 10.3. The SMILES string of the molecule is Cc1nnc(-c2cc(C(C)C)n(-c3cccc(C(=O)NC4CC(C)CC(C)(C)C4)c3)n2)o1. The van der Waals surface area contributed by atoms with Gasteiger partial charge in [0.15, 0.2) is 0 Å². The molecule has 32 heavy (non-hydrogen) atoms. The van der Waals surface area contributed by atoms with Crippen LogP contribution in [0.1, 0.15) is 81.7 Å². The molecule has 0 spiro atoms. The lowest BCUT2D eigenvalue weighted by molar-refractivity contribution is 0.0874. The Kier molecular flexibility index (Phi) is 5.93. The van der Waals surface area contributed by atoms with Crippen LogP contribution in [0.25, 0.3) is 17.3 Å². The third-order valence-electron chi connectivity index (χ3n) is 6.15. The molecule has 7 heteroatoms. The molecule has 1 amide bonds. The first-order valence-corrected chi connectivity index (χ1v) is 11.4. The molecular formula is C25H33N5O2. The zero-order valence-corrected chi connectivity index (χ0v) is 19.8. The molecule has 0 saturated heterocycles. The van der Waals surface area contributed by atoms with Gasteiger partial charge in [0.05, 0.1) is 5.69 Å². The molecule has 0 aliphatic heterocycles. The number of carbonyl (C=O) groups is 1. The molecule has 7 nitrogen and oxygen atoms in total. The van der Waals surface area contributed by atoms with Crippen molar-refractivity contribution in [2.24, 2.45) is 11.3 Å². The molecule has 2 heterocycles. The highest BCUT2D eigenvalue weighted by atomic mass is 16.4. The summed E-state index contributed by atoms with van der Waals surface area (Å²) in [5.74, 6) is 1.70. The molecule has 2 aromatic heterocycles. The maximum Gasteiger partial charge on any atom is 0.268 e. The van der Waals surface area contributed by atoms with E-state index < -0.39 is 0 Å². The highest BCUT2D eigenvalue weighted by Crippen LogP contribution is 2.38. The third-order valence-corrected chi connectivity index (χ3v) is 6.15. The van der Waals surface area contributed by atoms with Crippen molar-refractivity contribution in [3.8, 4) is 17.3 Å². The molecule has 0 bridgehead atoms. The first kappa shape index (κ1) is 22.2. The number of rotatable bonds is 5. The number of hydrogen-bond acceptors (Lipinski definition) is 5. The summed E-state index contributed by atoms with van der Waals surface area (Å²) >= 11 is 0. The van der Waals surface area contributed by atoms with E-state index in [-0.39, 0.29) is 23.3 Å². The van der Waals surface area contributed by atoms with E-state index in [1.165, 1.54) is 6.42 Å². The fourth-order valence-corrected chi connectivity index (χ4v) is 5.02. The maximum absolute atomic E-state index is 13.1. The fourth-order valence-electron chi connectivity index (χ4n) is 5.02. The number of aryl methyl sites for hydroxylation is 1. The molecule has 2 unspecified atom stereocenters. The largest absolute Gasteiger partial charge is 0.420 e. The highest BCUT2D eigenvalue weighted by Gasteiger charge is 2.32. The summed E-state index contributed by atoms with van der Waals surface area (Å²) in [6, 6.07) is 9.79. The standard InChI is InChI=1S/C25H33N5O2/c1-15(2)22-12-21(24-28-27-17(4)32-24)29-30(22)20-9-7-8-18(11-20)23(31)26-19-10-16(3)13-25(5,6)14-19/h7-9,11-12,15-16,19H,10,13-14H2,1-6H3,(H,26,31). The first-order chi connectivity index (χ1) is 15.1. The molecule has 4 rings (SSSR count). The number of nitrogens with zero attached hydrogens (tertiary/aromatic N) is 4. The quantitative estimate of drug-likeness (QED) is 0.588. The fraction of sp³-hybridized carbons (Fsp3) is 0.520. The van der Waals surface area contributed by atoms with Gasteiger partial charge in [-0.3, -0.25) is 4.79 Å². The third kappa shape index (κ3) is 4.76. The van der Waals surface area contributed by atoms with Crippen LogP contribution >= 0.6 is 0 Å². The summed E-state index contributed by atoms with van der Waals surface area (Å²) in [5, 5.41) is 16.0. The van der Waals surface area contributed by atoms with Crippen LogP contribution < -0.4 is 5.32 Å². The molecule has 1 aliphatic carbocycles. The van der Waals surface area contributed by atoms with Crippen molar-refractivity contribution >= 4 is 5.91 Å². The van der Waals surface area contributed by atoms with Crippen LogP contribution in [0.3, 0.4) is 0 Å². The average molecular weight is 436 g/mol. The van der Waals surface area contributed by atoms with E-state index in [2.05, 4.69) is 50.1 Å². The number of aromatic nitrogens is 4. The van der Waals surface area contributed by atoms with Gasteiger partial charge in [0, 0.05) is 24.2 Å². The zero-order chi connectivity index (χ0) is 23.0. The summed E-state index contributed by atoms with van der Waals surface area (Å²) in [5.41, 5.74) is 3.36. The minimum absolute atomic E-state index is 0.0345. The Morgan fingerprint density at radius 3 is 2.66 bits per heavy atom. The van der Waals surface area contributed by atoms with E-state index in [0.717, 1.165) is 24.2 Å². The van der Waals surface area contributed by atoms with Gasteiger partial charge in [-0.2, -0.15) is 5.10 Å². The van der Waals surface area contributed by atoms with Crippen LogP contribution in [0.2, 0.25) is 0 Å². The van der Waals surface area contributed by atoms with Crippen molar-refractivity contribution in [3.63, 3.8) is 0 Å². The van der Waals surface area contributed by atoms with Gasteiger partial charge in [-0.05, 0) is 60.8 Å². The summed E-state index contributed by atoms with van der Waals surface area (Å²) in [6.45, 7) is 12.8. The first-order valence-electron chi connectivity index (χ1n) is 11.4. The van der Waals surface area contributed by atoms with Crippen molar-refractivity contribution in [3.05, 3.63) is 47.5 Å². The van der Waals surface area contributed by atoms with E-state index >= 15 is 0 Å². The minimum atomic E-state index is -0.0345. The van der Waals surface area contributed by atoms with E-state index in [4.69, 9.17) is 9.52 Å². The second-order valence-corrected chi connectivity index (χ2v) is 10.3. The Hall–Kier alpha value is -2.96. The Morgan fingerprint density at radius 1 is 1.22 bits per heavy atom. The van der Waals surface area contributed by atoms with Gasteiger partial charge in [-0.15, -0.1) is 10.2 Å². The summed E-state index contributed by atoms with van der Waals surface area (Å²) in [4.78, 5) is 13.1. The van der Waals surface area contributed by atoms with Crippen LogP contribution in [0.4, 0.5) is 0 Å². The minimum Gasteiger partial charge on any atom is -0.420 e. The van der Waals surface area contributed by atoms with E-state index in [1.807, 2.05) is 35.0 Å². The summed E-state index contributed by atoms with van der Waals surface area (Å²) in [6.07, 6.45) is 3.24. The topological polar surface area (TPSA) is 85.8 Å². The van der Waals surface area contributed by atoms with Crippen LogP contribution in [0.15, 0.2) is 34.7 Å². The average Bonchev–Trinajstić information content (AvgIpc) is 3.33. The van der Waals surface area contributed by atoms with Gasteiger partial charge in [0.25, 0.3) is 11.8 Å². The summed E-state index contributed by atoms with van der Waals surface area (Å²) < 4.78 is 7.43. The molecule has 1 N–H and O–H groups in total. The second kappa shape index (κ2) is 8.52. The number of benzene rings is 1. The lowest BCUT2D eigenvalue weighted by Crippen LogP contribution is -2.43. The van der Waals surface area contributed by atoms with Gasteiger partial charge >= 0.3 is 0 Å². The van der Waals surface area contributed by atoms with Crippen LogP contribution in [-0.4, -0.2) is 31.9 Å². The molecule has 1 fully saturated rings. The van der Waals surface area contributed by atoms with E-state index in [1.54, 1.807) is 6.92 Å². The number of amides is 1. The van der Waals surface area contributed by atoms with Crippen molar-refractivity contribution < 1.29 is 9.21 Å². The van der Waals surface area contributed by atoms with E-state index in [0.29, 0.717) is 29.0 Å². The van der Waals surface area contributed by atoms with Crippen LogP contribution in [0, 0.1) is 18.3 Å². The molecular weight excluding hydrogens is 402 g/mol. The van der Waals surface area contributed by atoms with Crippen molar-refractivity contribution in [1.29, 1.82) is 0 Å². The smallest absolute Gasteiger partial charge is 0.268 e. The molecule has 2 atom stereocenters.